The second kappa shape index (κ2) is 8.17. The average molecular weight is 326 g/mol. The van der Waals surface area contributed by atoms with Gasteiger partial charge in [-0.1, -0.05) is 39.0 Å². The van der Waals surface area contributed by atoms with Crippen LogP contribution >= 0.6 is 0 Å². The third kappa shape index (κ3) is 5.33. The Labute approximate surface area is 133 Å². The van der Waals surface area contributed by atoms with Gasteiger partial charge in [0.1, 0.15) is 0 Å². The van der Waals surface area contributed by atoms with Crippen LogP contribution in [-0.4, -0.2) is 33.7 Å². The van der Waals surface area contributed by atoms with Crippen molar-refractivity contribution in [2.24, 2.45) is 0 Å². The predicted octanol–water partition coefficient (Wildman–Crippen LogP) is 2.49. The molecule has 1 rings (SSSR count). The molecule has 1 N–H and O–H groups in total. The van der Waals surface area contributed by atoms with Crippen LogP contribution in [0.2, 0.25) is 0 Å². The van der Waals surface area contributed by atoms with Gasteiger partial charge < -0.3 is 5.32 Å². The smallest absolute Gasteiger partial charge is 0.232 e. The third-order valence-electron chi connectivity index (χ3n) is 3.34. The lowest BCUT2D eigenvalue weighted by atomic mass is 10.0. The molecule has 0 fully saturated rings. The summed E-state index contributed by atoms with van der Waals surface area (Å²) in [6.45, 7) is 6.78. The minimum absolute atomic E-state index is 0.127. The van der Waals surface area contributed by atoms with Gasteiger partial charge in [0.05, 0.1) is 11.9 Å². The molecule has 6 heteroatoms. The second-order valence-electron chi connectivity index (χ2n) is 5.65. The standard InChI is InChI=1S/C16H26N2O3S/c1-5-11-17-16(19)10-12-18(22(4,20)21)15-9-7-6-8-14(15)13(2)3/h6-9,13H,5,10-12H2,1-4H3,(H,17,19). The molecule has 0 aliphatic heterocycles. The van der Waals surface area contributed by atoms with E-state index in [1.54, 1.807) is 6.07 Å². The van der Waals surface area contributed by atoms with E-state index in [0.717, 1.165) is 12.0 Å². The zero-order chi connectivity index (χ0) is 16.8. The minimum Gasteiger partial charge on any atom is -0.356 e. The largest absolute Gasteiger partial charge is 0.356 e. The number of hydrogen-bond acceptors (Lipinski definition) is 3. The van der Waals surface area contributed by atoms with E-state index in [0.29, 0.717) is 12.2 Å². The van der Waals surface area contributed by atoms with Crippen molar-refractivity contribution in [3.63, 3.8) is 0 Å². The highest BCUT2D eigenvalue weighted by atomic mass is 32.2. The monoisotopic (exact) mass is 326 g/mol. The van der Waals surface area contributed by atoms with Gasteiger partial charge >= 0.3 is 0 Å². The highest BCUT2D eigenvalue weighted by molar-refractivity contribution is 7.92. The molecule has 0 atom stereocenters. The van der Waals surface area contributed by atoms with Crippen molar-refractivity contribution in [2.45, 2.75) is 39.5 Å². The summed E-state index contributed by atoms with van der Waals surface area (Å²) in [5.74, 6) is 0.0758. The number of nitrogens with zero attached hydrogens (tertiary/aromatic N) is 1. The number of sulfonamides is 1. The van der Waals surface area contributed by atoms with Gasteiger partial charge in [-0.3, -0.25) is 9.10 Å². The first kappa shape index (κ1) is 18.5. The van der Waals surface area contributed by atoms with Crippen molar-refractivity contribution in [1.82, 2.24) is 5.32 Å². The summed E-state index contributed by atoms with van der Waals surface area (Å²) in [4.78, 5) is 11.8. The van der Waals surface area contributed by atoms with Crippen molar-refractivity contribution in [1.29, 1.82) is 0 Å². The lowest BCUT2D eigenvalue weighted by molar-refractivity contribution is -0.120. The van der Waals surface area contributed by atoms with E-state index in [9.17, 15) is 13.2 Å². The van der Waals surface area contributed by atoms with E-state index in [4.69, 9.17) is 0 Å². The fourth-order valence-electron chi connectivity index (χ4n) is 2.22. The molecule has 0 saturated heterocycles. The van der Waals surface area contributed by atoms with E-state index in [-0.39, 0.29) is 24.8 Å². The van der Waals surface area contributed by atoms with Gasteiger partial charge in [0, 0.05) is 19.5 Å². The van der Waals surface area contributed by atoms with E-state index >= 15 is 0 Å². The van der Waals surface area contributed by atoms with Crippen LogP contribution < -0.4 is 9.62 Å². The fourth-order valence-corrected chi connectivity index (χ4v) is 3.17. The molecule has 5 nitrogen and oxygen atoms in total. The fraction of sp³-hybridized carbons (Fsp3) is 0.562. The molecule has 0 saturated carbocycles. The SMILES string of the molecule is CCCNC(=O)CCN(c1ccccc1C(C)C)S(C)(=O)=O. The van der Waals surface area contributed by atoms with Gasteiger partial charge in [0.15, 0.2) is 0 Å². The summed E-state index contributed by atoms with van der Waals surface area (Å²) in [6.07, 6.45) is 2.19. The Morgan fingerprint density at radius 2 is 1.91 bits per heavy atom. The normalized spacial score (nSPS) is 11.5. The Balaban J connectivity index is 2.99. The van der Waals surface area contributed by atoms with Gasteiger partial charge in [-0.2, -0.15) is 0 Å². The Bertz CT molecular complexity index is 597. The first-order chi connectivity index (χ1) is 10.3. The maximum Gasteiger partial charge on any atom is 0.232 e. The van der Waals surface area contributed by atoms with Crippen LogP contribution in [0.3, 0.4) is 0 Å². The molecule has 1 amide bonds. The topological polar surface area (TPSA) is 66.5 Å². The number of para-hydroxylation sites is 1. The number of carbonyl (C=O) groups excluding carboxylic acids is 1. The molecule has 0 heterocycles. The molecule has 1 aromatic carbocycles. The Kier molecular flexibility index (Phi) is 6.87. The van der Waals surface area contributed by atoms with Crippen molar-refractivity contribution < 1.29 is 13.2 Å². The maximum absolute atomic E-state index is 12.1. The van der Waals surface area contributed by atoms with Crippen LogP contribution in [0.25, 0.3) is 0 Å². The quantitative estimate of drug-likeness (QED) is 0.798. The molecule has 0 bridgehead atoms. The molecule has 1 aromatic rings. The first-order valence-corrected chi connectivity index (χ1v) is 9.45. The number of nitrogens with one attached hydrogen (secondary N) is 1. The summed E-state index contributed by atoms with van der Waals surface area (Å²) in [5.41, 5.74) is 1.62. The third-order valence-corrected chi connectivity index (χ3v) is 4.52. The molecular weight excluding hydrogens is 300 g/mol. The summed E-state index contributed by atoms with van der Waals surface area (Å²) in [7, 11) is -3.44. The summed E-state index contributed by atoms with van der Waals surface area (Å²) < 4.78 is 25.6. The molecule has 0 aromatic heterocycles. The van der Waals surface area contributed by atoms with Gasteiger partial charge in [-0.25, -0.2) is 8.42 Å². The van der Waals surface area contributed by atoms with Crippen molar-refractivity contribution in [3.05, 3.63) is 29.8 Å². The highest BCUT2D eigenvalue weighted by Crippen LogP contribution is 2.29. The molecule has 0 radical (unpaired) electrons. The molecule has 22 heavy (non-hydrogen) atoms. The van der Waals surface area contributed by atoms with E-state index in [2.05, 4.69) is 5.32 Å². The summed E-state index contributed by atoms with van der Waals surface area (Å²) in [5, 5.41) is 2.77. The van der Waals surface area contributed by atoms with Crippen LogP contribution in [0.15, 0.2) is 24.3 Å². The Hall–Kier alpha value is -1.56. The average Bonchev–Trinajstić information content (AvgIpc) is 2.44. The van der Waals surface area contributed by atoms with Crippen molar-refractivity contribution in [3.8, 4) is 0 Å². The van der Waals surface area contributed by atoms with Crippen molar-refractivity contribution >= 4 is 21.6 Å². The predicted molar refractivity (Wildman–Crippen MR) is 90.6 cm³/mol. The Morgan fingerprint density at radius 3 is 2.45 bits per heavy atom. The van der Waals surface area contributed by atoms with Crippen LogP contribution in [-0.2, 0) is 14.8 Å². The van der Waals surface area contributed by atoms with E-state index in [1.807, 2.05) is 39.0 Å². The zero-order valence-electron chi connectivity index (χ0n) is 13.8. The number of benzene rings is 1. The summed E-state index contributed by atoms with van der Waals surface area (Å²) in [6, 6.07) is 7.43. The van der Waals surface area contributed by atoms with Crippen LogP contribution in [0.5, 0.6) is 0 Å². The molecule has 0 aliphatic rings. The minimum atomic E-state index is -3.44. The number of anilines is 1. The lowest BCUT2D eigenvalue weighted by Gasteiger charge is -2.26. The van der Waals surface area contributed by atoms with Crippen molar-refractivity contribution in [2.75, 3.05) is 23.7 Å². The molecule has 0 unspecified atom stereocenters. The Morgan fingerprint density at radius 1 is 1.27 bits per heavy atom. The molecule has 124 valence electrons. The van der Waals surface area contributed by atoms with E-state index < -0.39 is 10.0 Å². The van der Waals surface area contributed by atoms with Gasteiger partial charge in [-0.05, 0) is 24.0 Å². The zero-order valence-corrected chi connectivity index (χ0v) is 14.6. The number of hydrogen-bond donors (Lipinski definition) is 1. The van der Waals surface area contributed by atoms with Gasteiger partial charge in [0.2, 0.25) is 15.9 Å². The number of amides is 1. The second-order valence-corrected chi connectivity index (χ2v) is 7.56. The van der Waals surface area contributed by atoms with Crippen LogP contribution in [0.1, 0.15) is 45.1 Å². The summed E-state index contributed by atoms with van der Waals surface area (Å²) >= 11 is 0. The van der Waals surface area contributed by atoms with Crippen LogP contribution in [0, 0.1) is 0 Å². The molecular formula is C16H26N2O3S. The number of carbonyl (C=O) groups is 1. The first-order valence-electron chi connectivity index (χ1n) is 7.60. The lowest BCUT2D eigenvalue weighted by Crippen LogP contribution is -2.35. The van der Waals surface area contributed by atoms with Gasteiger partial charge in [-0.15, -0.1) is 0 Å². The van der Waals surface area contributed by atoms with Crippen LogP contribution in [0.4, 0.5) is 5.69 Å². The van der Waals surface area contributed by atoms with E-state index in [1.165, 1.54) is 10.6 Å². The number of rotatable bonds is 8. The maximum atomic E-state index is 12.1. The van der Waals surface area contributed by atoms with Gasteiger partial charge in [0.25, 0.3) is 0 Å². The highest BCUT2D eigenvalue weighted by Gasteiger charge is 2.21. The molecule has 0 aliphatic carbocycles. The molecule has 0 spiro atoms.